The van der Waals surface area contributed by atoms with E-state index in [9.17, 15) is 4.79 Å². The fourth-order valence-electron chi connectivity index (χ4n) is 1.10. The zero-order valence-electron chi connectivity index (χ0n) is 9.80. The van der Waals surface area contributed by atoms with Gasteiger partial charge in [-0.05, 0) is 6.26 Å². The molecular weight excluding hydrogens is 242 g/mol. The van der Waals surface area contributed by atoms with Gasteiger partial charge in [-0.2, -0.15) is 0 Å². The highest BCUT2D eigenvalue weighted by Crippen LogP contribution is 2.15. The molecule has 0 fully saturated rings. The SMILES string of the molecule is C=Cn1cc(COC(=O)NCOC)nc1SC.[HH]. The van der Waals surface area contributed by atoms with E-state index in [0.717, 1.165) is 5.16 Å². The Bertz CT molecular complexity index is 398. The van der Waals surface area contributed by atoms with Crippen molar-refractivity contribution in [3.05, 3.63) is 18.5 Å². The molecule has 96 valence electrons. The molecule has 17 heavy (non-hydrogen) atoms. The first kappa shape index (κ1) is 13.6. The van der Waals surface area contributed by atoms with Gasteiger partial charge in [0.15, 0.2) is 5.16 Å². The molecule has 1 amide bonds. The number of imidazole rings is 1. The highest BCUT2D eigenvalue weighted by molar-refractivity contribution is 7.98. The average Bonchev–Trinajstić information content (AvgIpc) is 2.76. The lowest BCUT2D eigenvalue weighted by atomic mass is 10.5. The van der Waals surface area contributed by atoms with Crippen molar-refractivity contribution in [1.29, 1.82) is 0 Å². The first-order chi connectivity index (χ1) is 8.21. The number of nitrogens with zero attached hydrogens (tertiary/aromatic N) is 2. The minimum atomic E-state index is -0.536. The van der Waals surface area contributed by atoms with Gasteiger partial charge in [-0.25, -0.2) is 9.78 Å². The van der Waals surface area contributed by atoms with Crippen molar-refractivity contribution < 1.29 is 15.7 Å². The molecule has 0 aliphatic carbocycles. The fraction of sp³-hybridized carbons (Fsp3) is 0.400. The van der Waals surface area contributed by atoms with E-state index in [0.29, 0.717) is 5.69 Å². The Morgan fingerprint density at radius 3 is 3.12 bits per heavy atom. The smallest absolute Gasteiger partial charge is 0.409 e. The second kappa shape index (κ2) is 6.97. The number of aromatic nitrogens is 2. The monoisotopic (exact) mass is 259 g/mol. The Morgan fingerprint density at radius 2 is 2.59 bits per heavy atom. The predicted molar refractivity (Wildman–Crippen MR) is 67.7 cm³/mol. The standard InChI is InChI=1S/C10H15N3O3S.H2/c1-4-13-5-8(12-9(13)17-3)6-16-10(14)11-7-15-2;/h4-5H,1,6-7H2,2-3H3,(H,11,14);1H. The van der Waals surface area contributed by atoms with E-state index < -0.39 is 6.09 Å². The molecule has 0 aliphatic rings. The van der Waals surface area contributed by atoms with Crippen molar-refractivity contribution >= 4 is 24.1 Å². The molecule has 1 heterocycles. The van der Waals surface area contributed by atoms with Crippen molar-refractivity contribution in [2.75, 3.05) is 20.1 Å². The van der Waals surface area contributed by atoms with Gasteiger partial charge in [-0.3, -0.25) is 5.32 Å². The second-order valence-electron chi connectivity index (χ2n) is 2.99. The van der Waals surface area contributed by atoms with Gasteiger partial charge in [-0.15, -0.1) is 0 Å². The molecule has 0 atom stereocenters. The number of hydrogen-bond donors (Lipinski definition) is 1. The molecule has 0 aromatic carbocycles. The molecule has 0 spiro atoms. The summed E-state index contributed by atoms with van der Waals surface area (Å²) in [5.41, 5.74) is 0.668. The fourth-order valence-corrected chi connectivity index (χ4v) is 1.64. The average molecular weight is 259 g/mol. The van der Waals surface area contributed by atoms with E-state index in [2.05, 4.69) is 21.6 Å². The lowest BCUT2D eigenvalue weighted by Gasteiger charge is -2.03. The first-order valence-electron chi connectivity index (χ1n) is 4.85. The molecule has 0 saturated heterocycles. The lowest BCUT2D eigenvalue weighted by molar-refractivity contribution is 0.114. The van der Waals surface area contributed by atoms with Crippen LogP contribution in [0.5, 0.6) is 0 Å². The number of carbonyl (C=O) groups is 1. The third-order valence-electron chi connectivity index (χ3n) is 1.84. The van der Waals surface area contributed by atoms with Gasteiger partial charge in [0.1, 0.15) is 13.3 Å². The molecule has 0 aliphatic heterocycles. The molecule has 1 aromatic rings. The lowest BCUT2D eigenvalue weighted by Crippen LogP contribution is -2.26. The third-order valence-corrected chi connectivity index (χ3v) is 2.51. The quantitative estimate of drug-likeness (QED) is 0.623. The minimum absolute atomic E-state index is 0. The zero-order chi connectivity index (χ0) is 12.7. The van der Waals surface area contributed by atoms with Gasteiger partial charge < -0.3 is 14.0 Å². The Labute approximate surface area is 105 Å². The van der Waals surface area contributed by atoms with E-state index in [-0.39, 0.29) is 14.8 Å². The first-order valence-corrected chi connectivity index (χ1v) is 6.07. The van der Waals surface area contributed by atoms with Crippen LogP contribution in [0.25, 0.3) is 6.20 Å². The highest BCUT2D eigenvalue weighted by atomic mass is 32.2. The van der Waals surface area contributed by atoms with Crippen molar-refractivity contribution in [3.8, 4) is 0 Å². The van der Waals surface area contributed by atoms with Crippen molar-refractivity contribution in [2.45, 2.75) is 11.8 Å². The zero-order valence-corrected chi connectivity index (χ0v) is 10.6. The summed E-state index contributed by atoms with van der Waals surface area (Å²) in [5, 5.41) is 3.21. The highest BCUT2D eigenvalue weighted by Gasteiger charge is 2.07. The number of carbonyl (C=O) groups excluding carboxylic acids is 1. The third kappa shape index (κ3) is 4.12. The minimum Gasteiger partial charge on any atom is -0.443 e. The van der Waals surface area contributed by atoms with Crippen LogP contribution >= 0.6 is 11.8 Å². The number of ether oxygens (including phenoxy) is 2. The summed E-state index contributed by atoms with van der Waals surface area (Å²) in [7, 11) is 1.48. The number of rotatable bonds is 6. The number of nitrogens with one attached hydrogen (secondary N) is 1. The van der Waals surface area contributed by atoms with Gasteiger partial charge in [0.25, 0.3) is 0 Å². The summed E-state index contributed by atoms with van der Waals surface area (Å²) in [5.74, 6) is 0. The van der Waals surface area contributed by atoms with Gasteiger partial charge in [0, 0.05) is 20.9 Å². The second-order valence-corrected chi connectivity index (χ2v) is 3.77. The maximum atomic E-state index is 11.1. The number of amides is 1. The van der Waals surface area contributed by atoms with Crippen LogP contribution in [0.1, 0.15) is 7.12 Å². The molecule has 0 radical (unpaired) electrons. The van der Waals surface area contributed by atoms with E-state index in [1.165, 1.54) is 18.9 Å². The molecule has 0 bridgehead atoms. The summed E-state index contributed by atoms with van der Waals surface area (Å²) in [6.07, 6.45) is 4.79. The van der Waals surface area contributed by atoms with Crippen molar-refractivity contribution in [1.82, 2.24) is 14.9 Å². The van der Waals surface area contributed by atoms with E-state index in [1.54, 1.807) is 17.0 Å². The number of hydrogen-bond acceptors (Lipinski definition) is 5. The summed E-state index contributed by atoms with van der Waals surface area (Å²) < 4.78 is 11.4. The van der Waals surface area contributed by atoms with Gasteiger partial charge in [0.05, 0.1) is 5.69 Å². The number of alkyl carbamates (subject to hydrolysis) is 1. The maximum Gasteiger partial charge on any atom is 0.409 e. The molecule has 7 heteroatoms. The van der Waals surface area contributed by atoms with Gasteiger partial charge >= 0.3 is 6.09 Å². The molecule has 6 nitrogen and oxygen atoms in total. The Balaban J connectivity index is 0.00000289. The number of methoxy groups -OCH3 is 1. The van der Waals surface area contributed by atoms with E-state index in [4.69, 9.17) is 4.74 Å². The van der Waals surface area contributed by atoms with Gasteiger partial charge in [-0.1, -0.05) is 18.3 Å². The number of thioether (sulfide) groups is 1. The predicted octanol–water partition coefficient (Wildman–Crippen LogP) is 1.78. The molecule has 0 saturated carbocycles. The van der Waals surface area contributed by atoms with E-state index in [1.807, 2.05) is 6.26 Å². The van der Waals surface area contributed by atoms with Crippen LogP contribution in [-0.2, 0) is 16.1 Å². The Kier molecular flexibility index (Phi) is 5.58. The van der Waals surface area contributed by atoms with Crippen molar-refractivity contribution in [2.24, 2.45) is 0 Å². The summed E-state index contributed by atoms with van der Waals surface area (Å²) in [4.78, 5) is 15.4. The Hall–Kier alpha value is -1.47. The van der Waals surface area contributed by atoms with Gasteiger partial charge in [0.2, 0.25) is 0 Å². The van der Waals surface area contributed by atoms with Crippen LogP contribution in [0.15, 0.2) is 17.9 Å². The molecule has 1 N–H and O–H groups in total. The van der Waals surface area contributed by atoms with Crippen LogP contribution in [0.4, 0.5) is 4.79 Å². The normalized spacial score (nSPS) is 10.0. The molecule has 1 aromatic heterocycles. The van der Waals surface area contributed by atoms with E-state index >= 15 is 0 Å². The van der Waals surface area contributed by atoms with Crippen LogP contribution in [-0.4, -0.2) is 35.7 Å². The maximum absolute atomic E-state index is 11.1. The van der Waals surface area contributed by atoms with Crippen LogP contribution < -0.4 is 5.32 Å². The topological polar surface area (TPSA) is 65.4 Å². The van der Waals surface area contributed by atoms with Crippen molar-refractivity contribution in [3.63, 3.8) is 0 Å². The Morgan fingerprint density at radius 1 is 1.82 bits per heavy atom. The molecule has 0 unspecified atom stereocenters. The largest absolute Gasteiger partial charge is 0.443 e. The summed E-state index contributed by atoms with van der Waals surface area (Å²) in [6, 6.07) is 0. The summed E-state index contributed by atoms with van der Waals surface area (Å²) >= 11 is 1.49. The van der Waals surface area contributed by atoms with Crippen LogP contribution in [0, 0.1) is 0 Å². The van der Waals surface area contributed by atoms with Crippen LogP contribution in [0.3, 0.4) is 0 Å². The summed E-state index contributed by atoms with van der Waals surface area (Å²) in [6.45, 7) is 3.90. The molecule has 1 rings (SSSR count). The molecular formula is C10H17N3O3S. The van der Waals surface area contributed by atoms with Crippen LogP contribution in [0.2, 0.25) is 0 Å².